The van der Waals surface area contributed by atoms with Gasteiger partial charge in [-0.05, 0) is 27.2 Å². The zero-order valence-corrected chi connectivity index (χ0v) is 14.0. The summed E-state index contributed by atoms with van der Waals surface area (Å²) in [5.41, 5.74) is -0.719. The van der Waals surface area contributed by atoms with Crippen LogP contribution < -0.4 is 5.32 Å². The molecule has 5 unspecified atom stereocenters. The molecule has 1 saturated carbocycles. The second-order valence-electron chi connectivity index (χ2n) is 7.22. The predicted octanol–water partition coefficient (Wildman–Crippen LogP) is 1.20. The number of fused-ring (bicyclic) bond motifs is 2. The SMILES string of the molecule is C=CCOC(=O)NC1CC2C(=O)N(C(=O)OC(C)(C)C)C1C1OC21. The van der Waals surface area contributed by atoms with Crippen molar-refractivity contribution in [3.05, 3.63) is 12.7 Å². The van der Waals surface area contributed by atoms with E-state index in [1.807, 2.05) is 0 Å². The number of hydrogen-bond donors (Lipinski definition) is 1. The molecule has 1 aliphatic carbocycles. The Morgan fingerprint density at radius 3 is 2.75 bits per heavy atom. The minimum Gasteiger partial charge on any atom is -0.445 e. The lowest BCUT2D eigenvalue weighted by Crippen LogP contribution is -2.68. The van der Waals surface area contributed by atoms with Crippen LogP contribution in [0.2, 0.25) is 0 Å². The standard InChI is InChI=1S/C16H22N2O6/c1-5-6-22-14(20)17-9-7-8-11-12(23-11)10(9)18(13(8)19)15(21)24-16(2,3)4/h5,8-12H,1,6-7H2,2-4H3,(H,17,20). The number of carbonyl (C=O) groups is 3. The lowest BCUT2D eigenvalue weighted by Gasteiger charge is -2.45. The van der Waals surface area contributed by atoms with Gasteiger partial charge in [0.2, 0.25) is 5.91 Å². The van der Waals surface area contributed by atoms with Gasteiger partial charge in [0, 0.05) is 0 Å². The number of amides is 3. The van der Waals surface area contributed by atoms with Crippen LogP contribution in [0.25, 0.3) is 0 Å². The fourth-order valence-corrected chi connectivity index (χ4v) is 3.40. The molecule has 3 saturated heterocycles. The second kappa shape index (κ2) is 5.77. The Labute approximate surface area is 140 Å². The van der Waals surface area contributed by atoms with Crippen molar-refractivity contribution in [3.63, 3.8) is 0 Å². The Morgan fingerprint density at radius 2 is 2.12 bits per heavy atom. The maximum Gasteiger partial charge on any atom is 0.417 e. The van der Waals surface area contributed by atoms with Gasteiger partial charge < -0.3 is 19.5 Å². The Balaban J connectivity index is 1.75. The summed E-state index contributed by atoms with van der Waals surface area (Å²) in [5.74, 6) is -0.747. The highest BCUT2D eigenvalue weighted by molar-refractivity contribution is 5.96. The van der Waals surface area contributed by atoms with Crippen LogP contribution in [-0.2, 0) is 19.0 Å². The third-order valence-corrected chi connectivity index (χ3v) is 4.29. The van der Waals surface area contributed by atoms with Gasteiger partial charge >= 0.3 is 12.2 Å². The first-order chi connectivity index (χ1) is 11.2. The molecule has 2 bridgehead atoms. The number of piperidine rings is 2. The van der Waals surface area contributed by atoms with Crippen LogP contribution in [0.15, 0.2) is 12.7 Å². The fourth-order valence-electron chi connectivity index (χ4n) is 3.40. The van der Waals surface area contributed by atoms with Gasteiger partial charge in [0.05, 0.1) is 24.1 Å². The summed E-state index contributed by atoms with van der Waals surface area (Å²) >= 11 is 0. The van der Waals surface area contributed by atoms with Crippen LogP contribution in [0.4, 0.5) is 9.59 Å². The zero-order valence-electron chi connectivity index (χ0n) is 14.0. The van der Waals surface area contributed by atoms with Crippen molar-refractivity contribution < 1.29 is 28.6 Å². The van der Waals surface area contributed by atoms with Crippen LogP contribution >= 0.6 is 0 Å². The van der Waals surface area contributed by atoms with E-state index in [1.54, 1.807) is 20.8 Å². The number of nitrogens with one attached hydrogen (secondary N) is 1. The van der Waals surface area contributed by atoms with Gasteiger partial charge in [-0.15, -0.1) is 0 Å². The predicted molar refractivity (Wildman–Crippen MR) is 82.1 cm³/mol. The largest absolute Gasteiger partial charge is 0.445 e. The minimum absolute atomic E-state index is 0.0872. The van der Waals surface area contributed by atoms with Crippen molar-refractivity contribution in [3.8, 4) is 0 Å². The highest BCUT2D eigenvalue weighted by Crippen LogP contribution is 2.49. The van der Waals surface area contributed by atoms with E-state index in [4.69, 9.17) is 14.2 Å². The van der Waals surface area contributed by atoms with Crippen LogP contribution in [-0.4, -0.2) is 59.5 Å². The molecule has 0 spiro atoms. The van der Waals surface area contributed by atoms with E-state index in [0.29, 0.717) is 6.42 Å². The molecule has 3 amide bonds. The van der Waals surface area contributed by atoms with Crippen molar-refractivity contribution in [2.24, 2.45) is 5.92 Å². The molecule has 0 aromatic carbocycles. The Kier molecular flexibility index (Phi) is 4.03. The molecular weight excluding hydrogens is 316 g/mol. The summed E-state index contributed by atoms with van der Waals surface area (Å²) < 4.78 is 15.8. The summed E-state index contributed by atoms with van der Waals surface area (Å²) in [6.07, 6.45) is 0.154. The smallest absolute Gasteiger partial charge is 0.417 e. The molecule has 132 valence electrons. The summed E-state index contributed by atoms with van der Waals surface area (Å²) in [6, 6.07) is -0.986. The molecule has 24 heavy (non-hydrogen) atoms. The van der Waals surface area contributed by atoms with Gasteiger partial charge in [0.1, 0.15) is 18.3 Å². The highest BCUT2D eigenvalue weighted by Gasteiger charge is 2.68. The Hall–Kier alpha value is -2.09. The average molecular weight is 338 g/mol. The number of ether oxygens (including phenoxy) is 3. The maximum absolute atomic E-state index is 12.5. The normalized spacial score (nSPS) is 33.5. The first-order valence-corrected chi connectivity index (χ1v) is 7.98. The monoisotopic (exact) mass is 338 g/mol. The van der Waals surface area contributed by atoms with E-state index in [1.165, 1.54) is 6.08 Å². The fraction of sp³-hybridized carbons (Fsp3) is 0.688. The third-order valence-electron chi connectivity index (χ3n) is 4.29. The van der Waals surface area contributed by atoms with Crippen LogP contribution in [0.1, 0.15) is 27.2 Å². The molecule has 4 fully saturated rings. The van der Waals surface area contributed by atoms with Crippen molar-refractivity contribution in [2.45, 2.75) is 57.1 Å². The van der Waals surface area contributed by atoms with Crippen LogP contribution in [0, 0.1) is 5.92 Å². The lowest BCUT2D eigenvalue weighted by atomic mass is 9.76. The Morgan fingerprint density at radius 1 is 1.42 bits per heavy atom. The molecule has 8 nitrogen and oxygen atoms in total. The number of carbonyl (C=O) groups excluding carboxylic acids is 3. The first kappa shape index (κ1) is 16.8. The van der Waals surface area contributed by atoms with Crippen molar-refractivity contribution in [2.75, 3.05) is 6.61 Å². The van der Waals surface area contributed by atoms with E-state index in [-0.39, 0.29) is 24.7 Å². The van der Waals surface area contributed by atoms with Crippen molar-refractivity contribution in [1.82, 2.24) is 10.2 Å². The highest BCUT2D eigenvalue weighted by atomic mass is 16.6. The molecule has 4 aliphatic rings. The number of imide groups is 1. The third kappa shape index (κ3) is 2.98. The topological polar surface area (TPSA) is 97.5 Å². The van der Waals surface area contributed by atoms with Gasteiger partial charge in [-0.2, -0.15) is 0 Å². The van der Waals surface area contributed by atoms with Crippen molar-refractivity contribution >= 4 is 18.1 Å². The number of alkyl carbamates (subject to hydrolysis) is 1. The van der Waals surface area contributed by atoms with E-state index in [9.17, 15) is 14.4 Å². The van der Waals surface area contributed by atoms with E-state index in [2.05, 4.69) is 11.9 Å². The van der Waals surface area contributed by atoms with Crippen molar-refractivity contribution in [1.29, 1.82) is 0 Å². The molecular formula is C16H22N2O6. The van der Waals surface area contributed by atoms with Gasteiger partial charge in [-0.25, -0.2) is 14.5 Å². The lowest BCUT2D eigenvalue weighted by molar-refractivity contribution is -0.144. The molecule has 0 radical (unpaired) electrons. The molecule has 0 aromatic heterocycles. The maximum atomic E-state index is 12.5. The van der Waals surface area contributed by atoms with Gasteiger partial charge in [-0.1, -0.05) is 12.7 Å². The molecule has 5 atom stereocenters. The first-order valence-electron chi connectivity index (χ1n) is 7.98. The van der Waals surface area contributed by atoms with Crippen LogP contribution in [0.3, 0.4) is 0 Å². The average Bonchev–Trinajstić information content (AvgIpc) is 3.25. The quantitative estimate of drug-likeness (QED) is 0.613. The number of nitrogens with zero attached hydrogens (tertiary/aromatic N) is 1. The number of hydrogen-bond acceptors (Lipinski definition) is 6. The molecule has 3 heterocycles. The van der Waals surface area contributed by atoms with Gasteiger partial charge in [-0.3, -0.25) is 4.79 Å². The molecule has 8 heteroatoms. The molecule has 3 aliphatic heterocycles. The summed E-state index contributed by atoms with van der Waals surface area (Å²) in [7, 11) is 0. The molecule has 1 N–H and O–H groups in total. The van der Waals surface area contributed by atoms with Gasteiger partial charge in [0.25, 0.3) is 0 Å². The second-order valence-corrected chi connectivity index (χ2v) is 7.22. The molecule has 4 rings (SSSR count). The van der Waals surface area contributed by atoms with Gasteiger partial charge in [0.15, 0.2) is 0 Å². The summed E-state index contributed by atoms with van der Waals surface area (Å²) in [4.78, 5) is 37.9. The number of epoxide rings is 1. The summed E-state index contributed by atoms with van der Waals surface area (Å²) in [6.45, 7) is 8.76. The molecule has 0 aromatic rings. The van der Waals surface area contributed by atoms with Crippen LogP contribution in [0.5, 0.6) is 0 Å². The van der Waals surface area contributed by atoms with E-state index >= 15 is 0 Å². The number of rotatable bonds is 3. The van der Waals surface area contributed by atoms with E-state index < -0.39 is 35.8 Å². The zero-order chi connectivity index (χ0) is 17.6. The van der Waals surface area contributed by atoms with E-state index in [0.717, 1.165) is 4.90 Å². The Bertz CT molecular complexity index is 584. The summed E-state index contributed by atoms with van der Waals surface area (Å²) in [5, 5.41) is 2.72. The minimum atomic E-state index is -0.719.